The van der Waals surface area contributed by atoms with E-state index < -0.39 is 0 Å². The van der Waals surface area contributed by atoms with Crippen LogP contribution in [0.25, 0.3) is 0 Å². The molecule has 0 N–H and O–H groups in total. The van der Waals surface area contributed by atoms with Gasteiger partial charge in [-0.15, -0.1) is 0 Å². The Balaban J connectivity index is 1.59. The number of fused-ring (bicyclic) bond motifs is 5. The molecule has 1 aromatic carbocycles. The third-order valence-electron chi connectivity index (χ3n) is 5.97. The number of anilines is 1. The summed E-state index contributed by atoms with van der Waals surface area (Å²) in [4.78, 5) is 27.0. The molecule has 0 radical (unpaired) electrons. The maximum absolute atomic E-state index is 13.4. The standard InChI is InChI=1S/C20H21BrClN5O2/c1-3-25-18(28)16-17(27-14-6-4-5-13(14)23-20(25)27)24-19(21)26(16)10-11-7-8-15(29-2)12(22)9-11/h7-9,13-14H,3-6,10H2,1-2H3/t13-,14+/m1/s1. The lowest BCUT2D eigenvalue weighted by Crippen LogP contribution is -2.53. The minimum Gasteiger partial charge on any atom is -0.495 e. The van der Waals surface area contributed by atoms with Crippen LogP contribution in [0.4, 0.5) is 5.82 Å². The van der Waals surface area contributed by atoms with Crippen molar-refractivity contribution in [3.63, 3.8) is 0 Å². The Kier molecular flexibility index (Phi) is 4.58. The quantitative estimate of drug-likeness (QED) is 0.668. The van der Waals surface area contributed by atoms with E-state index in [1.165, 1.54) is 0 Å². The first kappa shape index (κ1) is 18.9. The molecule has 1 amide bonds. The van der Waals surface area contributed by atoms with E-state index in [1.807, 2.05) is 29.7 Å². The Hall–Kier alpha value is -2.06. The van der Waals surface area contributed by atoms with E-state index >= 15 is 0 Å². The molecule has 0 saturated heterocycles. The van der Waals surface area contributed by atoms with Crippen LogP contribution in [0.1, 0.15) is 42.2 Å². The van der Waals surface area contributed by atoms with Crippen LogP contribution in [0.5, 0.6) is 5.75 Å². The zero-order valence-electron chi connectivity index (χ0n) is 16.2. The molecule has 1 saturated carbocycles. The number of halogens is 2. The van der Waals surface area contributed by atoms with Crippen LogP contribution < -0.4 is 9.64 Å². The van der Waals surface area contributed by atoms with Gasteiger partial charge in [0, 0.05) is 6.54 Å². The number of carbonyl (C=O) groups excluding carboxylic acids is 1. The van der Waals surface area contributed by atoms with Crippen LogP contribution in [-0.2, 0) is 6.54 Å². The highest BCUT2D eigenvalue weighted by atomic mass is 79.9. The molecule has 7 nitrogen and oxygen atoms in total. The van der Waals surface area contributed by atoms with Crippen molar-refractivity contribution in [1.29, 1.82) is 0 Å². The molecular weight excluding hydrogens is 458 g/mol. The Bertz CT molecular complexity index is 1040. The molecule has 3 aliphatic rings. The van der Waals surface area contributed by atoms with E-state index in [4.69, 9.17) is 26.3 Å². The number of benzene rings is 1. The molecule has 1 aromatic heterocycles. The fourth-order valence-corrected chi connectivity index (χ4v) is 5.37. The zero-order valence-corrected chi connectivity index (χ0v) is 18.6. The van der Waals surface area contributed by atoms with Gasteiger partial charge in [0.05, 0.1) is 30.8 Å². The number of aromatic nitrogens is 2. The first-order chi connectivity index (χ1) is 14.0. The highest BCUT2D eigenvalue weighted by Crippen LogP contribution is 2.41. The summed E-state index contributed by atoms with van der Waals surface area (Å²) in [6, 6.07) is 6.19. The second-order valence-corrected chi connectivity index (χ2v) is 8.64. The van der Waals surface area contributed by atoms with E-state index in [1.54, 1.807) is 12.0 Å². The normalized spacial score (nSPS) is 22.5. The predicted octanol–water partition coefficient (Wildman–Crippen LogP) is 3.93. The predicted molar refractivity (Wildman–Crippen MR) is 115 cm³/mol. The first-order valence-electron chi connectivity index (χ1n) is 9.80. The molecular formula is C20H21BrClN5O2. The Morgan fingerprint density at radius 1 is 1.34 bits per heavy atom. The second kappa shape index (κ2) is 7.02. The van der Waals surface area contributed by atoms with Crippen molar-refractivity contribution < 1.29 is 9.53 Å². The summed E-state index contributed by atoms with van der Waals surface area (Å²) in [6.07, 6.45) is 3.30. The zero-order chi connectivity index (χ0) is 20.3. The van der Waals surface area contributed by atoms with E-state index in [0.29, 0.717) is 40.1 Å². The Morgan fingerprint density at radius 2 is 2.17 bits per heavy atom. The van der Waals surface area contributed by atoms with Gasteiger partial charge < -0.3 is 9.30 Å². The summed E-state index contributed by atoms with van der Waals surface area (Å²) in [5.74, 6) is 2.03. The molecule has 2 aromatic rings. The maximum Gasteiger partial charge on any atom is 0.281 e. The summed E-state index contributed by atoms with van der Waals surface area (Å²) in [5.41, 5.74) is 1.56. The van der Waals surface area contributed by atoms with Gasteiger partial charge >= 0.3 is 0 Å². The average Bonchev–Trinajstić information content (AvgIpc) is 3.36. The molecule has 9 heteroatoms. The topological polar surface area (TPSA) is 63.0 Å². The van der Waals surface area contributed by atoms with Gasteiger partial charge in [-0.2, -0.15) is 0 Å². The van der Waals surface area contributed by atoms with Crippen molar-refractivity contribution in [3.05, 3.63) is 39.2 Å². The molecule has 1 aliphatic carbocycles. The van der Waals surface area contributed by atoms with Gasteiger partial charge in [-0.3, -0.25) is 14.6 Å². The van der Waals surface area contributed by atoms with Crippen molar-refractivity contribution >= 4 is 45.2 Å². The molecule has 0 unspecified atom stereocenters. The van der Waals surface area contributed by atoms with Crippen molar-refractivity contribution in [2.24, 2.45) is 4.99 Å². The summed E-state index contributed by atoms with van der Waals surface area (Å²) in [5, 5.41) is 0.541. The highest BCUT2D eigenvalue weighted by Gasteiger charge is 2.49. The fraction of sp³-hybridized carbons (Fsp3) is 0.450. The summed E-state index contributed by atoms with van der Waals surface area (Å²) in [6.45, 7) is 3.03. The lowest BCUT2D eigenvalue weighted by atomic mass is 10.1. The second-order valence-electron chi connectivity index (χ2n) is 7.52. The van der Waals surface area contributed by atoms with Crippen molar-refractivity contribution in [2.75, 3.05) is 18.6 Å². The maximum atomic E-state index is 13.4. The van der Waals surface area contributed by atoms with Crippen LogP contribution >= 0.6 is 27.5 Å². The van der Waals surface area contributed by atoms with Gasteiger partial charge in [0.1, 0.15) is 5.75 Å². The summed E-state index contributed by atoms with van der Waals surface area (Å²) >= 11 is 9.88. The minimum atomic E-state index is -0.0599. The fourth-order valence-electron chi connectivity index (χ4n) is 4.61. The number of ether oxygens (including phenoxy) is 1. The molecule has 3 heterocycles. The van der Waals surface area contributed by atoms with E-state index in [0.717, 1.165) is 30.8 Å². The van der Waals surface area contributed by atoms with Gasteiger partial charge in [0.15, 0.2) is 16.2 Å². The number of hydrogen-bond acceptors (Lipinski definition) is 5. The van der Waals surface area contributed by atoms with Crippen molar-refractivity contribution in [2.45, 2.75) is 44.8 Å². The van der Waals surface area contributed by atoms with Gasteiger partial charge in [-0.1, -0.05) is 17.7 Å². The molecule has 152 valence electrons. The molecule has 0 bridgehead atoms. The number of rotatable bonds is 4. The van der Waals surface area contributed by atoms with Crippen LogP contribution in [-0.4, -0.2) is 52.1 Å². The van der Waals surface area contributed by atoms with Crippen molar-refractivity contribution in [1.82, 2.24) is 14.5 Å². The van der Waals surface area contributed by atoms with Crippen LogP contribution in [0.15, 0.2) is 27.9 Å². The number of hydrogen-bond donors (Lipinski definition) is 0. The molecule has 2 atom stereocenters. The van der Waals surface area contributed by atoms with E-state index in [-0.39, 0.29) is 18.0 Å². The molecule has 5 rings (SSSR count). The number of methoxy groups -OCH3 is 1. The monoisotopic (exact) mass is 477 g/mol. The summed E-state index contributed by atoms with van der Waals surface area (Å²) in [7, 11) is 1.59. The lowest BCUT2D eigenvalue weighted by molar-refractivity contribution is 0.0835. The highest BCUT2D eigenvalue weighted by molar-refractivity contribution is 9.10. The van der Waals surface area contributed by atoms with Crippen molar-refractivity contribution in [3.8, 4) is 5.75 Å². The van der Waals surface area contributed by atoms with Crippen LogP contribution in [0, 0.1) is 0 Å². The number of guanidine groups is 1. The Morgan fingerprint density at radius 3 is 2.90 bits per heavy atom. The van der Waals surface area contributed by atoms with Gasteiger partial charge in [0.25, 0.3) is 5.91 Å². The van der Waals surface area contributed by atoms with Crippen LogP contribution in [0.2, 0.25) is 5.02 Å². The first-order valence-corrected chi connectivity index (χ1v) is 11.0. The third-order valence-corrected chi connectivity index (χ3v) is 6.87. The largest absolute Gasteiger partial charge is 0.495 e. The van der Waals surface area contributed by atoms with E-state index in [2.05, 4.69) is 20.8 Å². The lowest BCUT2D eigenvalue weighted by Gasteiger charge is -2.35. The minimum absolute atomic E-state index is 0.0599. The van der Waals surface area contributed by atoms with Gasteiger partial charge in [-0.05, 0) is 59.8 Å². The average molecular weight is 479 g/mol. The Labute approximate surface area is 182 Å². The van der Waals surface area contributed by atoms with E-state index in [9.17, 15) is 4.79 Å². The molecule has 29 heavy (non-hydrogen) atoms. The number of amides is 1. The summed E-state index contributed by atoms with van der Waals surface area (Å²) < 4.78 is 7.78. The smallest absolute Gasteiger partial charge is 0.281 e. The molecule has 2 aliphatic heterocycles. The number of carbonyl (C=O) groups is 1. The third kappa shape index (κ3) is 2.79. The molecule has 1 fully saturated rings. The number of aliphatic imine (C=N–C) groups is 1. The number of imidazole rings is 1. The van der Waals surface area contributed by atoms with Crippen LogP contribution in [0.3, 0.4) is 0 Å². The SMILES string of the molecule is CCN1C(=O)c2c(nc(Br)n2Cc2ccc(OC)c(Cl)c2)N2C1=N[C@@H]1CCC[C@@H]12. The number of nitrogens with zero attached hydrogens (tertiary/aromatic N) is 5. The molecule has 0 spiro atoms. The van der Waals surface area contributed by atoms with Gasteiger partial charge in [-0.25, -0.2) is 9.98 Å². The van der Waals surface area contributed by atoms with Gasteiger partial charge in [0.2, 0.25) is 5.96 Å².